The van der Waals surface area contributed by atoms with Gasteiger partial charge in [0, 0.05) is 17.7 Å². The zero-order valence-electron chi connectivity index (χ0n) is 15.7. The van der Waals surface area contributed by atoms with Gasteiger partial charge in [0.1, 0.15) is 11.6 Å². The SMILES string of the molecule is C[C@@H](CO)Nc1nc(Nc2ccccc2Cl)cc(-c2cccc(OC(F)(F)F)c2)n1. The maximum atomic E-state index is 12.6. The van der Waals surface area contributed by atoms with E-state index in [-0.39, 0.29) is 24.3 Å². The average Bonchev–Trinajstić information content (AvgIpc) is 2.68. The van der Waals surface area contributed by atoms with Crippen LogP contribution >= 0.6 is 11.6 Å². The molecule has 2 aromatic carbocycles. The van der Waals surface area contributed by atoms with Crippen LogP contribution in [0.3, 0.4) is 0 Å². The van der Waals surface area contributed by atoms with Gasteiger partial charge in [0.2, 0.25) is 5.95 Å². The zero-order chi connectivity index (χ0) is 21.7. The van der Waals surface area contributed by atoms with Crippen LogP contribution in [-0.2, 0) is 0 Å². The molecule has 0 aliphatic carbocycles. The number of hydrogen-bond donors (Lipinski definition) is 3. The van der Waals surface area contributed by atoms with E-state index in [9.17, 15) is 18.3 Å². The molecule has 0 spiro atoms. The number of rotatable bonds is 7. The second kappa shape index (κ2) is 9.19. The molecule has 158 valence electrons. The van der Waals surface area contributed by atoms with Crippen LogP contribution < -0.4 is 15.4 Å². The fraction of sp³-hybridized carbons (Fsp3) is 0.200. The number of nitrogens with one attached hydrogen (secondary N) is 2. The van der Waals surface area contributed by atoms with Gasteiger partial charge in [0.15, 0.2) is 0 Å². The van der Waals surface area contributed by atoms with Crippen molar-refractivity contribution >= 4 is 29.1 Å². The van der Waals surface area contributed by atoms with Crippen molar-refractivity contribution in [2.45, 2.75) is 19.3 Å². The van der Waals surface area contributed by atoms with Crippen molar-refractivity contribution in [3.05, 3.63) is 59.6 Å². The fourth-order valence-corrected chi connectivity index (χ4v) is 2.73. The lowest BCUT2D eigenvalue weighted by Crippen LogP contribution is -2.21. The number of aromatic nitrogens is 2. The number of hydrogen-bond acceptors (Lipinski definition) is 6. The highest BCUT2D eigenvalue weighted by molar-refractivity contribution is 6.33. The molecule has 3 aromatic rings. The van der Waals surface area contributed by atoms with E-state index in [0.29, 0.717) is 27.8 Å². The Morgan fingerprint density at radius 2 is 1.87 bits per heavy atom. The first-order chi connectivity index (χ1) is 14.2. The van der Waals surface area contributed by atoms with Crippen LogP contribution in [0.25, 0.3) is 11.3 Å². The van der Waals surface area contributed by atoms with Gasteiger partial charge in [-0.2, -0.15) is 4.98 Å². The number of aliphatic hydroxyl groups is 1. The molecular formula is C20H18ClF3N4O2. The molecule has 0 bridgehead atoms. The van der Waals surface area contributed by atoms with Gasteiger partial charge < -0.3 is 20.5 Å². The summed E-state index contributed by atoms with van der Waals surface area (Å²) in [6, 6.07) is 13.7. The molecule has 0 radical (unpaired) electrons. The van der Waals surface area contributed by atoms with Crippen LogP contribution in [0.1, 0.15) is 6.92 Å². The van der Waals surface area contributed by atoms with E-state index in [1.807, 2.05) is 0 Å². The molecular weight excluding hydrogens is 421 g/mol. The van der Waals surface area contributed by atoms with Gasteiger partial charge in [-0.25, -0.2) is 4.98 Å². The summed E-state index contributed by atoms with van der Waals surface area (Å²) in [5, 5.41) is 15.8. The third-order valence-electron chi connectivity index (χ3n) is 3.88. The van der Waals surface area contributed by atoms with E-state index in [1.165, 1.54) is 18.2 Å². The van der Waals surface area contributed by atoms with Crippen molar-refractivity contribution in [3.8, 4) is 17.0 Å². The van der Waals surface area contributed by atoms with E-state index in [4.69, 9.17) is 11.6 Å². The summed E-state index contributed by atoms with van der Waals surface area (Å²) in [7, 11) is 0. The van der Waals surface area contributed by atoms with Crippen molar-refractivity contribution in [3.63, 3.8) is 0 Å². The minimum atomic E-state index is -4.80. The summed E-state index contributed by atoms with van der Waals surface area (Å²) in [5.41, 5.74) is 1.33. The molecule has 1 aromatic heterocycles. The highest BCUT2D eigenvalue weighted by Gasteiger charge is 2.31. The number of nitrogens with zero attached hydrogens (tertiary/aromatic N) is 2. The normalized spacial score (nSPS) is 12.3. The summed E-state index contributed by atoms with van der Waals surface area (Å²) in [6.45, 7) is 1.57. The Morgan fingerprint density at radius 1 is 1.10 bits per heavy atom. The van der Waals surface area contributed by atoms with Crippen molar-refractivity contribution in [2.75, 3.05) is 17.2 Å². The Labute approximate surface area is 175 Å². The number of para-hydroxylation sites is 1. The van der Waals surface area contributed by atoms with Crippen LogP contribution in [0.5, 0.6) is 5.75 Å². The number of benzene rings is 2. The maximum absolute atomic E-state index is 12.6. The van der Waals surface area contributed by atoms with Gasteiger partial charge in [-0.05, 0) is 31.2 Å². The van der Waals surface area contributed by atoms with Crippen molar-refractivity contribution in [1.29, 1.82) is 0 Å². The Bertz CT molecular complexity index is 1020. The lowest BCUT2D eigenvalue weighted by Gasteiger charge is -2.15. The molecule has 3 N–H and O–H groups in total. The first kappa shape index (κ1) is 21.7. The standard InChI is InChI=1S/C20H18ClF3N4O2/c1-12(11-29)25-19-27-17(13-5-4-6-14(9-13)30-20(22,23)24)10-18(28-19)26-16-8-3-2-7-15(16)21/h2-10,12,29H,11H2,1H3,(H2,25,26,27,28)/t12-/m0/s1. The smallest absolute Gasteiger partial charge is 0.406 e. The molecule has 30 heavy (non-hydrogen) atoms. The van der Waals surface area contributed by atoms with Gasteiger partial charge >= 0.3 is 6.36 Å². The summed E-state index contributed by atoms with van der Waals surface area (Å²) in [5.74, 6) is 0.186. The summed E-state index contributed by atoms with van der Waals surface area (Å²) in [6.07, 6.45) is -4.80. The molecule has 10 heteroatoms. The third kappa shape index (κ3) is 5.98. The monoisotopic (exact) mass is 438 g/mol. The van der Waals surface area contributed by atoms with Crippen LogP contribution in [0, 0.1) is 0 Å². The van der Waals surface area contributed by atoms with Gasteiger partial charge in [-0.3, -0.25) is 0 Å². The minimum absolute atomic E-state index is 0.157. The Morgan fingerprint density at radius 3 is 2.57 bits per heavy atom. The molecule has 0 fully saturated rings. The lowest BCUT2D eigenvalue weighted by molar-refractivity contribution is -0.274. The van der Waals surface area contributed by atoms with Crippen molar-refractivity contribution in [2.24, 2.45) is 0 Å². The summed E-state index contributed by atoms with van der Waals surface area (Å²) < 4.78 is 41.7. The number of halogens is 4. The number of anilines is 3. The quantitative estimate of drug-likeness (QED) is 0.468. The van der Waals surface area contributed by atoms with Crippen LogP contribution in [0.2, 0.25) is 5.02 Å². The number of ether oxygens (including phenoxy) is 1. The molecule has 3 rings (SSSR count). The summed E-state index contributed by atoms with van der Waals surface area (Å²) >= 11 is 6.18. The highest BCUT2D eigenvalue weighted by atomic mass is 35.5. The van der Waals surface area contributed by atoms with Gasteiger partial charge in [-0.1, -0.05) is 35.9 Å². The van der Waals surface area contributed by atoms with Gasteiger partial charge in [0.05, 0.1) is 23.0 Å². The predicted octanol–water partition coefficient (Wildman–Crippen LogP) is 5.23. The minimum Gasteiger partial charge on any atom is -0.406 e. The first-order valence-corrected chi connectivity index (χ1v) is 9.25. The molecule has 6 nitrogen and oxygen atoms in total. The van der Waals surface area contributed by atoms with E-state index in [1.54, 1.807) is 43.3 Å². The second-order valence-corrected chi connectivity index (χ2v) is 6.78. The molecule has 0 saturated heterocycles. The number of alkyl halides is 3. The molecule has 0 unspecified atom stereocenters. The van der Waals surface area contributed by atoms with E-state index in [0.717, 1.165) is 0 Å². The van der Waals surface area contributed by atoms with Gasteiger partial charge in [0.25, 0.3) is 0 Å². The zero-order valence-corrected chi connectivity index (χ0v) is 16.5. The predicted molar refractivity (Wildman–Crippen MR) is 109 cm³/mol. The van der Waals surface area contributed by atoms with Crippen molar-refractivity contribution in [1.82, 2.24) is 9.97 Å². The highest BCUT2D eigenvalue weighted by Crippen LogP contribution is 2.30. The van der Waals surface area contributed by atoms with E-state index < -0.39 is 6.36 Å². The number of aliphatic hydroxyl groups excluding tert-OH is 1. The maximum Gasteiger partial charge on any atom is 0.573 e. The molecule has 0 aliphatic heterocycles. The third-order valence-corrected chi connectivity index (χ3v) is 4.21. The Hall–Kier alpha value is -3.04. The molecule has 0 saturated carbocycles. The average molecular weight is 439 g/mol. The Kier molecular flexibility index (Phi) is 6.63. The van der Waals surface area contributed by atoms with E-state index >= 15 is 0 Å². The largest absolute Gasteiger partial charge is 0.573 e. The van der Waals surface area contributed by atoms with Gasteiger partial charge in [-0.15, -0.1) is 13.2 Å². The topological polar surface area (TPSA) is 79.3 Å². The molecule has 0 amide bonds. The molecule has 1 atom stereocenters. The fourth-order valence-electron chi connectivity index (χ4n) is 2.54. The second-order valence-electron chi connectivity index (χ2n) is 6.37. The molecule has 1 heterocycles. The van der Waals surface area contributed by atoms with Crippen LogP contribution in [0.15, 0.2) is 54.6 Å². The van der Waals surface area contributed by atoms with Crippen LogP contribution in [0.4, 0.5) is 30.6 Å². The van der Waals surface area contributed by atoms with E-state index in [2.05, 4.69) is 25.3 Å². The van der Waals surface area contributed by atoms with Crippen molar-refractivity contribution < 1.29 is 23.0 Å². The first-order valence-electron chi connectivity index (χ1n) is 8.88. The van der Waals surface area contributed by atoms with Crippen LogP contribution in [-0.4, -0.2) is 34.1 Å². The lowest BCUT2D eigenvalue weighted by atomic mass is 10.1. The Balaban J connectivity index is 2.00. The summed E-state index contributed by atoms with van der Waals surface area (Å²) in [4.78, 5) is 8.70. The molecule has 0 aliphatic rings.